The van der Waals surface area contributed by atoms with Crippen LogP contribution in [0.15, 0.2) is 36.4 Å². The molecule has 7 nitrogen and oxygen atoms in total. The van der Waals surface area contributed by atoms with Crippen molar-refractivity contribution in [2.75, 3.05) is 0 Å². The van der Waals surface area contributed by atoms with Crippen LogP contribution in [0.25, 0.3) is 0 Å². The lowest BCUT2D eigenvalue weighted by Gasteiger charge is -2.25. The maximum absolute atomic E-state index is 12.4. The third kappa shape index (κ3) is 8.75. The maximum atomic E-state index is 12.4. The Morgan fingerprint density at radius 1 is 0.667 bits per heavy atom. The number of phenols is 1. The first kappa shape index (κ1) is 34.0. The number of carbonyl (C=O) groups excluding carboxylic acids is 2. The average molecular weight is 800 g/mol. The minimum atomic E-state index is -0.769. The maximum Gasteiger partial charge on any atom is 0.514 e. The van der Waals surface area contributed by atoms with Gasteiger partial charge in [-0.05, 0) is 160 Å². The Labute approximate surface area is 275 Å². The van der Waals surface area contributed by atoms with E-state index in [0.29, 0.717) is 11.5 Å². The second kappa shape index (κ2) is 13.0. The van der Waals surface area contributed by atoms with E-state index in [1.165, 1.54) is 0 Å². The van der Waals surface area contributed by atoms with Crippen LogP contribution in [0.3, 0.4) is 0 Å². The summed E-state index contributed by atoms with van der Waals surface area (Å²) in [6, 6.07) is 11.7. The molecule has 0 saturated heterocycles. The number of aromatic hydroxyl groups is 1. The number of hydrogen-bond acceptors (Lipinski definition) is 7. The monoisotopic (exact) mass is 800 g/mol. The summed E-state index contributed by atoms with van der Waals surface area (Å²) in [4.78, 5) is 24.9. The largest absolute Gasteiger partial charge is 0.514 e. The molecule has 9 heteroatoms. The third-order valence-corrected chi connectivity index (χ3v) is 7.60. The normalized spacial score (nSPS) is 11.8. The van der Waals surface area contributed by atoms with E-state index >= 15 is 0 Å². The molecule has 1 N–H and O–H groups in total. The van der Waals surface area contributed by atoms with E-state index in [1.54, 1.807) is 41.5 Å². The molecule has 3 rings (SSSR count). The molecule has 0 aromatic heterocycles. The van der Waals surface area contributed by atoms with Crippen LogP contribution < -0.4 is 9.47 Å². The highest BCUT2D eigenvalue weighted by Gasteiger charge is 2.27. The van der Waals surface area contributed by atoms with Gasteiger partial charge >= 0.3 is 12.3 Å². The van der Waals surface area contributed by atoms with Gasteiger partial charge in [-0.1, -0.05) is 24.3 Å². The highest BCUT2D eigenvalue weighted by molar-refractivity contribution is 14.1. The Balaban J connectivity index is 2.16. The number of carbonyl (C=O) groups is 2. The molecule has 0 atom stereocenters. The van der Waals surface area contributed by atoms with Crippen LogP contribution in [-0.2, 0) is 9.47 Å². The summed E-state index contributed by atoms with van der Waals surface area (Å²) < 4.78 is 23.7. The second-order valence-corrected chi connectivity index (χ2v) is 14.8. The first-order chi connectivity index (χ1) is 19.3. The number of halogens is 2. The van der Waals surface area contributed by atoms with Crippen molar-refractivity contribution in [2.24, 2.45) is 0 Å². The quantitative estimate of drug-likeness (QED) is 0.119. The summed E-state index contributed by atoms with van der Waals surface area (Å²) in [5, 5.41) is 11.3. The van der Waals surface area contributed by atoms with Gasteiger partial charge in [0.15, 0.2) is 0 Å². The zero-order valence-electron chi connectivity index (χ0n) is 25.7. The standard InChI is InChI=1S/C33H38I2O7/c1-17-11-21(12-18(2)28(17)39-30(37)41-32(5,6)7)26(24-15-23(34)16-25(35)27(24)36)22-13-19(3)29(20(4)14-22)40-31(38)42-33(8,9)10/h11-16,26,36H,1-10H3. The van der Waals surface area contributed by atoms with Crippen LogP contribution in [0.1, 0.15) is 86.4 Å². The Kier molecular flexibility index (Phi) is 10.5. The molecule has 0 heterocycles. The lowest BCUT2D eigenvalue weighted by atomic mass is 9.82. The van der Waals surface area contributed by atoms with E-state index in [-0.39, 0.29) is 11.7 Å². The molecule has 0 fully saturated rings. The van der Waals surface area contributed by atoms with Crippen molar-refractivity contribution < 1.29 is 33.6 Å². The van der Waals surface area contributed by atoms with Crippen molar-refractivity contribution in [3.05, 3.63) is 82.5 Å². The van der Waals surface area contributed by atoms with Crippen molar-refractivity contribution in [3.8, 4) is 17.2 Å². The summed E-state index contributed by atoms with van der Waals surface area (Å²) in [6.07, 6.45) is -1.54. The second-order valence-electron chi connectivity index (χ2n) is 12.4. The van der Waals surface area contributed by atoms with Gasteiger partial charge < -0.3 is 24.1 Å². The molecule has 0 aliphatic rings. The average Bonchev–Trinajstić information content (AvgIpc) is 2.79. The Hall–Kier alpha value is -2.54. The first-order valence-corrected chi connectivity index (χ1v) is 15.6. The zero-order valence-corrected chi connectivity index (χ0v) is 30.0. The van der Waals surface area contributed by atoms with Gasteiger partial charge in [0.1, 0.15) is 28.5 Å². The predicted octanol–water partition coefficient (Wildman–Crippen LogP) is 9.64. The van der Waals surface area contributed by atoms with Gasteiger partial charge in [0.05, 0.1) is 3.57 Å². The van der Waals surface area contributed by atoms with Crippen LogP contribution in [-0.4, -0.2) is 28.6 Å². The SMILES string of the molecule is Cc1cc(C(c2cc(C)c(OC(=O)OC(C)(C)C)c(C)c2)c2cc(I)cc(I)c2O)cc(C)c1OC(=O)OC(C)(C)C. The number of aryl methyl sites for hydroxylation is 4. The third-order valence-electron chi connectivity index (χ3n) is 6.15. The highest BCUT2D eigenvalue weighted by atomic mass is 127. The number of rotatable bonds is 5. The molecule has 0 unspecified atom stereocenters. The fourth-order valence-electron chi connectivity index (χ4n) is 4.69. The molecule has 0 saturated carbocycles. The molecular weight excluding hydrogens is 762 g/mol. The molecule has 3 aromatic carbocycles. The Morgan fingerprint density at radius 3 is 1.36 bits per heavy atom. The van der Waals surface area contributed by atoms with Crippen LogP contribution >= 0.6 is 45.2 Å². The van der Waals surface area contributed by atoms with Gasteiger partial charge in [0.2, 0.25) is 0 Å². The minimum absolute atomic E-state index is 0.190. The molecule has 0 spiro atoms. The zero-order chi connectivity index (χ0) is 31.7. The van der Waals surface area contributed by atoms with E-state index in [2.05, 4.69) is 45.2 Å². The molecule has 42 heavy (non-hydrogen) atoms. The molecule has 0 amide bonds. The van der Waals surface area contributed by atoms with E-state index in [9.17, 15) is 14.7 Å². The molecule has 0 bridgehead atoms. The minimum Gasteiger partial charge on any atom is -0.507 e. The van der Waals surface area contributed by atoms with E-state index in [0.717, 1.165) is 46.1 Å². The number of phenolic OH excluding ortho intramolecular Hbond substituents is 1. The summed E-state index contributed by atoms with van der Waals surface area (Å²) in [5.74, 6) is 0.673. The summed E-state index contributed by atoms with van der Waals surface area (Å²) in [7, 11) is 0. The molecule has 226 valence electrons. The van der Waals surface area contributed by atoms with E-state index in [4.69, 9.17) is 18.9 Å². The summed E-state index contributed by atoms with van der Waals surface area (Å²) >= 11 is 4.38. The first-order valence-electron chi connectivity index (χ1n) is 13.5. The fraction of sp³-hybridized carbons (Fsp3) is 0.394. The molecule has 0 aliphatic carbocycles. The van der Waals surface area contributed by atoms with Crippen LogP contribution in [0.2, 0.25) is 0 Å². The predicted molar refractivity (Wildman–Crippen MR) is 180 cm³/mol. The topological polar surface area (TPSA) is 91.3 Å². The van der Waals surface area contributed by atoms with Crippen LogP contribution in [0.5, 0.6) is 17.2 Å². The van der Waals surface area contributed by atoms with Crippen molar-refractivity contribution in [1.82, 2.24) is 0 Å². The van der Waals surface area contributed by atoms with Gasteiger partial charge in [-0.3, -0.25) is 0 Å². The van der Waals surface area contributed by atoms with Gasteiger partial charge in [-0.25, -0.2) is 9.59 Å². The number of benzene rings is 3. The van der Waals surface area contributed by atoms with Crippen LogP contribution in [0.4, 0.5) is 9.59 Å². The molecule has 0 aliphatic heterocycles. The van der Waals surface area contributed by atoms with Gasteiger partial charge in [-0.15, -0.1) is 0 Å². The smallest absolute Gasteiger partial charge is 0.507 e. The van der Waals surface area contributed by atoms with E-state index < -0.39 is 23.5 Å². The van der Waals surface area contributed by atoms with Gasteiger partial charge in [0.25, 0.3) is 0 Å². The number of ether oxygens (including phenoxy) is 4. The molecule has 3 aromatic rings. The molecular formula is C33H38I2O7. The Morgan fingerprint density at radius 2 is 1.02 bits per heavy atom. The highest BCUT2D eigenvalue weighted by Crippen LogP contribution is 2.43. The Bertz CT molecular complexity index is 1380. The van der Waals surface area contributed by atoms with Crippen LogP contribution in [0, 0.1) is 34.8 Å². The molecule has 0 radical (unpaired) electrons. The lowest BCUT2D eigenvalue weighted by molar-refractivity contribution is 0.0190. The van der Waals surface area contributed by atoms with Crippen molar-refractivity contribution in [1.29, 1.82) is 0 Å². The fourth-order valence-corrected chi connectivity index (χ4v) is 6.58. The summed E-state index contributed by atoms with van der Waals surface area (Å²) in [5.41, 5.74) is 4.15. The van der Waals surface area contributed by atoms with E-state index in [1.807, 2.05) is 64.1 Å². The van der Waals surface area contributed by atoms with Crippen molar-refractivity contribution >= 4 is 57.5 Å². The number of hydrogen-bond donors (Lipinski definition) is 1. The lowest BCUT2D eigenvalue weighted by Crippen LogP contribution is -2.26. The summed E-state index contributed by atoms with van der Waals surface area (Å²) in [6.45, 7) is 18.2. The van der Waals surface area contributed by atoms with Gasteiger partial charge in [0, 0.05) is 15.1 Å². The van der Waals surface area contributed by atoms with Gasteiger partial charge in [-0.2, -0.15) is 0 Å². The van der Waals surface area contributed by atoms with Crippen molar-refractivity contribution in [3.63, 3.8) is 0 Å². The van der Waals surface area contributed by atoms with Crippen molar-refractivity contribution in [2.45, 2.75) is 86.4 Å².